The van der Waals surface area contributed by atoms with Crippen LogP contribution in [0.25, 0.3) is 0 Å². The summed E-state index contributed by atoms with van der Waals surface area (Å²) in [7, 11) is 1.46. The van der Waals surface area contributed by atoms with Crippen LogP contribution in [0.1, 0.15) is 48.7 Å². The maximum absolute atomic E-state index is 13.3. The number of hydrazone groups is 1. The number of carbonyl (C=O) groups is 2. The van der Waals surface area contributed by atoms with Gasteiger partial charge in [-0.3, -0.25) is 9.59 Å². The minimum Gasteiger partial charge on any atom is -0.504 e. The Labute approximate surface area is 185 Å². The normalized spacial score (nSPS) is 19.9. The number of carbonyl (C=O) groups excluding carboxylic acids is 2. The van der Waals surface area contributed by atoms with Gasteiger partial charge in [-0.2, -0.15) is 5.10 Å². The Morgan fingerprint density at radius 1 is 1.29 bits per heavy atom. The number of rotatable bonds is 3. The highest BCUT2D eigenvalue weighted by molar-refractivity contribution is 8.14. The van der Waals surface area contributed by atoms with Gasteiger partial charge >= 0.3 is 0 Å². The summed E-state index contributed by atoms with van der Waals surface area (Å²) < 4.78 is 5.16. The third-order valence-corrected chi connectivity index (χ3v) is 6.76. The smallest absolute Gasteiger partial charge is 0.299 e. The SMILES string of the molecule is COc1cc(C(=O)N2CCC(C)(C)c3cc(C4=NNC(=O)SC4C)ccc32)ccc1O. The first-order valence-electron chi connectivity index (χ1n) is 10.1. The van der Waals surface area contributed by atoms with Gasteiger partial charge in [-0.05, 0) is 60.2 Å². The molecule has 0 spiro atoms. The van der Waals surface area contributed by atoms with Crippen LogP contribution in [0.2, 0.25) is 0 Å². The van der Waals surface area contributed by atoms with Crippen molar-refractivity contribution in [2.24, 2.45) is 5.10 Å². The molecule has 2 aromatic carbocycles. The Morgan fingerprint density at radius 2 is 2.06 bits per heavy atom. The molecule has 162 valence electrons. The van der Waals surface area contributed by atoms with E-state index in [-0.39, 0.29) is 33.3 Å². The maximum atomic E-state index is 13.3. The predicted octanol–water partition coefficient (Wildman–Crippen LogP) is 4.28. The quantitative estimate of drug-likeness (QED) is 0.745. The topological polar surface area (TPSA) is 91.2 Å². The lowest BCUT2D eigenvalue weighted by molar-refractivity contribution is 0.0982. The molecule has 0 radical (unpaired) electrons. The van der Waals surface area contributed by atoms with Gasteiger partial charge in [0.2, 0.25) is 0 Å². The molecule has 0 fully saturated rings. The second-order valence-corrected chi connectivity index (χ2v) is 9.68. The van der Waals surface area contributed by atoms with Crippen molar-refractivity contribution in [3.05, 3.63) is 53.1 Å². The molecule has 7 nitrogen and oxygen atoms in total. The van der Waals surface area contributed by atoms with Crippen LogP contribution in [-0.2, 0) is 5.41 Å². The Balaban J connectivity index is 1.74. The molecule has 2 heterocycles. The Bertz CT molecular complexity index is 1100. The number of nitrogens with one attached hydrogen (secondary N) is 1. The van der Waals surface area contributed by atoms with Gasteiger partial charge in [0.05, 0.1) is 18.1 Å². The number of amides is 2. The molecule has 2 aliphatic rings. The van der Waals surface area contributed by atoms with Crippen LogP contribution in [0.3, 0.4) is 0 Å². The number of hydrogen-bond donors (Lipinski definition) is 2. The van der Waals surface area contributed by atoms with Crippen LogP contribution in [0, 0.1) is 0 Å². The number of hydrogen-bond acceptors (Lipinski definition) is 6. The van der Waals surface area contributed by atoms with Gasteiger partial charge in [0.25, 0.3) is 11.1 Å². The molecule has 0 aliphatic carbocycles. The Morgan fingerprint density at radius 3 is 2.77 bits per heavy atom. The van der Waals surface area contributed by atoms with E-state index in [9.17, 15) is 14.7 Å². The van der Waals surface area contributed by atoms with Crippen molar-refractivity contribution in [2.45, 2.75) is 37.9 Å². The first-order valence-corrected chi connectivity index (χ1v) is 11.0. The fourth-order valence-electron chi connectivity index (χ4n) is 4.04. The van der Waals surface area contributed by atoms with Gasteiger partial charge in [-0.15, -0.1) is 0 Å². The monoisotopic (exact) mass is 439 g/mol. The molecule has 1 unspecified atom stereocenters. The highest BCUT2D eigenvalue weighted by atomic mass is 32.2. The van der Waals surface area contributed by atoms with E-state index < -0.39 is 0 Å². The molecule has 0 saturated heterocycles. The first kappa shape index (κ1) is 21.2. The van der Waals surface area contributed by atoms with Crippen molar-refractivity contribution in [3.8, 4) is 11.5 Å². The lowest BCUT2D eigenvalue weighted by Crippen LogP contribution is -2.41. The van der Waals surface area contributed by atoms with Crippen LogP contribution in [-0.4, -0.2) is 40.9 Å². The van der Waals surface area contributed by atoms with Crippen LogP contribution >= 0.6 is 11.8 Å². The summed E-state index contributed by atoms with van der Waals surface area (Å²) in [6.07, 6.45) is 0.803. The number of nitrogens with zero attached hydrogens (tertiary/aromatic N) is 2. The highest BCUT2D eigenvalue weighted by Crippen LogP contribution is 2.41. The third kappa shape index (κ3) is 3.87. The second kappa shape index (κ2) is 7.92. The zero-order chi connectivity index (χ0) is 22.3. The Kier molecular flexibility index (Phi) is 5.43. The molecule has 2 N–H and O–H groups in total. The number of phenolic OH excluding ortho intramolecular Hbond substituents is 1. The molecule has 8 heteroatoms. The number of benzene rings is 2. The average Bonchev–Trinajstić information content (AvgIpc) is 2.74. The van der Waals surface area contributed by atoms with Crippen molar-refractivity contribution < 1.29 is 19.4 Å². The van der Waals surface area contributed by atoms with Gasteiger partial charge in [0, 0.05) is 17.8 Å². The molecule has 0 bridgehead atoms. The molecule has 0 saturated carbocycles. The van der Waals surface area contributed by atoms with E-state index in [0.29, 0.717) is 12.1 Å². The van der Waals surface area contributed by atoms with Crippen molar-refractivity contribution >= 4 is 34.3 Å². The van der Waals surface area contributed by atoms with Crippen LogP contribution < -0.4 is 15.1 Å². The molecular weight excluding hydrogens is 414 g/mol. The lowest BCUT2D eigenvalue weighted by atomic mass is 9.76. The fourth-order valence-corrected chi connectivity index (χ4v) is 4.76. The number of methoxy groups -OCH3 is 1. The average molecular weight is 440 g/mol. The van der Waals surface area contributed by atoms with E-state index in [1.165, 1.54) is 24.9 Å². The molecule has 0 aromatic heterocycles. The van der Waals surface area contributed by atoms with Crippen molar-refractivity contribution in [3.63, 3.8) is 0 Å². The number of aromatic hydroxyl groups is 1. The number of ether oxygens (including phenoxy) is 1. The summed E-state index contributed by atoms with van der Waals surface area (Å²) in [6.45, 7) is 6.89. The number of thioether (sulfide) groups is 1. The number of fused-ring (bicyclic) bond motifs is 1. The van der Waals surface area contributed by atoms with E-state index in [0.717, 1.165) is 28.9 Å². The lowest BCUT2D eigenvalue weighted by Gasteiger charge is -2.39. The zero-order valence-corrected chi connectivity index (χ0v) is 18.7. The van der Waals surface area contributed by atoms with Gasteiger partial charge < -0.3 is 14.7 Å². The molecule has 31 heavy (non-hydrogen) atoms. The first-order chi connectivity index (χ1) is 14.7. The van der Waals surface area contributed by atoms with Gasteiger partial charge in [-0.25, -0.2) is 5.43 Å². The summed E-state index contributed by atoms with van der Waals surface area (Å²) in [5.41, 5.74) is 6.55. The van der Waals surface area contributed by atoms with Crippen molar-refractivity contribution in [1.29, 1.82) is 0 Å². The maximum Gasteiger partial charge on any atom is 0.299 e. The van der Waals surface area contributed by atoms with Crippen LogP contribution in [0.5, 0.6) is 11.5 Å². The largest absolute Gasteiger partial charge is 0.504 e. The molecule has 4 rings (SSSR count). The van der Waals surface area contributed by atoms with E-state index >= 15 is 0 Å². The van der Waals surface area contributed by atoms with E-state index in [2.05, 4.69) is 30.4 Å². The molecular formula is C23H25N3O4S. The summed E-state index contributed by atoms with van der Waals surface area (Å²) in [6, 6.07) is 10.6. The zero-order valence-electron chi connectivity index (χ0n) is 17.9. The van der Waals surface area contributed by atoms with E-state index in [4.69, 9.17) is 4.74 Å². The summed E-state index contributed by atoms with van der Waals surface area (Å²) >= 11 is 1.21. The minimum absolute atomic E-state index is 0.00351. The molecule has 2 aliphatic heterocycles. The fraction of sp³-hybridized carbons (Fsp3) is 0.348. The summed E-state index contributed by atoms with van der Waals surface area (Å²) in [4.78, 5) is 26.7. The second-order valence-electron chi connectivity index (χ2n) is 8.37. The van der Waals surface area contributed by atoms with Crippen LogP contribution in [0.15, 0.2) is 41.5 Å². The number of anilines is 1. The van der Waals surface area contributed by atoms with Crippen molar-refractivity contribution in [2.75, 3.05) is 18.6 Å². The minimum atomic E-state index is -0.157. The van der Waals surface area contributed by atoms with E-state index in [1.54, 1.807) is 17.0 Å². The highest BCUT2D eigenvalue weighted by Gasteiger charge is 2.35. The van der Waals surface area contributed by atoms with Crippen molar-refractivity contribution in [1.82, 2.24) is 5.43 Å². The molecule has 2 aromatic rings. The number of phenols is 1. The predicted molar refractivity (Wildman–Crippen MR) is 123 cm³/mol. The standard InChI is InChI=1S/C23H25N3O4S/c1-13-20(24-25-22(29)31-13)14-5-7-17-16(11-14)23(2,3)9-10-26(17)21(28)15-6-8-18(27)19(12-15)30-4/h5-8,11-13,27H,9-10H2,1-4H3,(H,25,29). The van der Waals surface area contributed by atoms with Gasteiger partial charge in [0.15, 0.2) is 11.5 Å². The Hall–Kier alpha value is -3.00. The third-order valence-electron chi connectivity index (χ3n) is 5.88. The summed E-state index contributed by atoms with van der Waals surface area (Å²) in [5.74, 6) is 0.118. The van der Waals surface area contributed by atoms with E-state index in [1.807, 2.05) is 19.1 Å². The molecule has 1 atom stereocenters. The molecule has 2 amide bonds. The van der Waals surface area contributed by atoms with Crippen LogP contribution in [0.4, 0.5) is 10.5 Å². The van der Waals surface area contributed by atoms with Gasteiger partial charge in [0.1, 0.15) is 0 Å². The summed E-state index contributed by atoms with van der Waals surface area (Å²) in [5, 5.41) is 13.9. The van der Waals surface area contributed by atoms with Gasteiger partial charge in [-0.1, -0.05) is 31.7 Å².